The first-order valence-electron chi connectivity index (χ1n) is 3.86. The Hall–Kier alpha value is -0.0900. The normalized spacial score (nSPS) is 17.2. The fourth-order valence-corrected chi connectivity index (χ4v) is 2.49. The minimum Gasteiger partial charge on any atom is -0.213 e. The summed E-state index contributed by atoms with van der Waals surface area (Å²) in [6.45, 7) is 2.14. The minimum atomic E-state index is 0.706. The van der Waals surface area contributed by atoms with E-state index in [1.807, 2.05) is 0 Å². The van der Waals surface area contributed by atoms with Gasteiger partial charge in [-0.25, -0.2) is 4.98 Å². The molecule has 0 aromatic carbocycles. The molecule has 1 heterocycles. The zero-order valence-corrected chi connectivity index (χ0v) is 8.04. The van der Waals surface area contributed by atoms with Gasteiger partial charge in [0.05, 0.1) is 0 Å². The Kier molecular flexibility index (Phi) is 2.13. The lowest BCUT2D eigenvalue weighted by molar-refractivity contribution is 0.959. The molecule has 0 atom stereocenters. The SMILES string of the molecule is CCSc1nc(C2CC2)ns1. The van der Waals surface area contributed by atoms with Gasteiger partial charge in [-0.3, -0.25) is 0 Å². The third-order valence-electron chi connectivity index (χ3n) is 1.63. The summed E-state index contributed by atoms with van der Waals surface area (Å²) in [7, 11) is 0. The van der Waals surface area contributed by atoms with Gasteiger partial charge in [0.1, 0.15) is 5.82 Å². The molecule has 1 saturated carbocycles. The van der Waals surface area contributed by atoms with E-state index in [0.717, 1.165) is 15.9 Å². The lowest BCUT2D eigenvalue weighted by Crippen LogP contribution is -1.80. The van der Waals surface area contributed by atoms with E-state index < -0.39 is 0 Å². The van der Waals surface area contributed by atoms with Crippen LogP contribution in [-0.2, 0) is 0 Å². The molecule has 60 valence electrons. The van der Waals surface area contributed by atoms with Gasteiger partial charge in [0.15, 0.2) is 4.34 Å². The topological polar surface area (TPSA) is 25.8 Å². The number of hydrogen-bond donors (Lipinski definition) is 0. The van der Waals surface area contributed by atoms with Crippen molar-refractivity contribution in [3.05, 3.63) is 5.82 Å². The van der Waals surface area contributed by atoms with Crippen LogP contribution in [0.25, 0.3) is 0 Å². The highest BCUT2D eigenvalue weighted by molar-refractivity contribution is 8.00. The quantitative estimate of drug-likeness (QED) is 0.678. The summed E-state index contributed by atoms with van der Waals surface area (Å²) in [5.41, 5.74) is 0. The summed E-state index contributed by atoms with van der Waals surface area (Å²) in [5.74, 6) is 2.89. The van der Waals surface area contributed by atoms with Crippen LogP contribution in [0.15, 0.2) is 4.34 Å². The lowest BCUT2D eigenvalue weighted by atomic mass is 10.4. The maximum absolute atomic E-state index is 4.43. The van der Waals surface area contributed by atoms with E-state index in [-0.39, 0.29) is 0 Å². The smallest absolute Gasteiger partial charge is 0.170 e. The van der Waals surface area contributed by atoms with Crippen molar-refractivity contribution in [3.8, 4) is 0 Å². The van der Waals surface area contributed by atoms with Crippen LogP contribution in [0.1, 0.15) is 31.5 Å². The van der Waals surface area contributed by atoms with Gasteiger partial charge in [0, 0.05) is 5.92 Å². The molecule has 0 N–H and O–H groups in total. The second-order valence-corrected chi connectivity index (χ2v) is 4.89. The summed E-state index contributed by atoms with van der Waals surface area (Å²) < 4.78 is 5.44. The van der Waals surface area contributed by atoms with Gasteiger partial charge in [0.25, 0.3) is 0 Å². The third kappa shape index (κ3) is 1.73. The predicted molar refractivity (Wildman–Crippen MR) is 48.3 cm³/mol. The Labute approximate surface area is 74.6 Å². The van der Waals surface area contributed by atoms with Crippen molar-refractivity contribution >= 4 is 23.3 Å². The van der Waals surface area contributed by atoms with E-state index in [9.17, 15) is 0 Å². The van der Waals surface area contributed by atoms with Crippen LogP contribution in [-0.4, -0.2) is 15.1 Å². The van der Waals surface area contributed by atoms with Crippen molar-refractivity contribution in [1.29, 1.82) is 0 Å². The Bertz CT molecular complexity index is 242. The molecule has 1 aliphatic rings. The highest BCUT2D eigenvalue weighted by Gasteiger charge is 2.27. The maximum atomic E-state index is 4.43. The van der Waals surface area contributed by atoms with Crippen LogP contribution in [0.2, 0.25) is 0 Å². The van der Waals surface area contributed by atoms with Crippen LogP contribution in [0.3, 0.4) is 0 Å². The van der Waals surface area contributed by atoms with Crippen molar-refractivity contribution in [3.63, 3.8) is 0 Å². The Morgan fingerprint density at radius 2 is 2.45 bits per heavy atom. The average molecular weight is 186 g/mol. The number of hydrogen-bond acceptors (Lipinski definition) is 4. The van der Waals surface area contributed by atoms with E-state index in [1.54, 1.807) is 23.3 Å². The van der Waals surface area contributed by atoms with Crippen molar-refractivity contribution in [2.75, 3.05) is 5.75 Å². The second kappa shape index (κ2) is 3.11. The molecular weight excluding hydrogens is 176 g/mol. The van der Waals surface area contributed by atoms with E-state index in [1.165, 1.54) is 12.8 Å². The van der Waals surface area contributed by atoms with Crippen LogP contribution < -0.4 is 0 Å². The fraction of sp³-hybridized carbons (Fsp3) is 0.714. The second-order valence-electron chi connectivity index (χ2n) is 2.63. The number of rotatable bonds is 3. The first-order chi connectivity index (χ1) is 5.40. The molecule has 1 fully saturated rings. The van der Waals surface area contributed by atoms with E-state index in [0.29, 0.717) is 5.92 Å². The average Bonchev–Trinajstić information content (AvgIpc) is 2.75. The fourth-order valence-electron chi connectivity index (χ4n) is 0.910. The molecule has 0 amide bonds. The molecule has 11 heavy (non-hydrogen) atoms. The molecule has 0 radical (unpaired) electrons. The molecule has 0 saturated heterocycles. The highest BCUT2D eigenvalue weighted by Crippen LogP contribution is 2.39. The van der Waals surface area contributed by atoms with Gasteiger partial charge in [0.2, 0.25) is 0 Å². The van der Waals surface area contributed by atoms with Gasteiger partial charge in [-0.15, -0.1) is 0 Å². The highest BCUT2D eigenvalue weighted by atomic mass is 32.2. The molecule has 1 aliphatic carbocycles. The number of nitrogens with zero attached hydrogens (tertiary/aromatic N) is 2. The van der Waals surface area contributed by atoms with Gasteiger partial charge in [-0.1, -0.05) is 18.7 Å². The zero-order chi connectivity index (χ0) is 7.68. The van der Waals surface area contributed by atoms with Crippen LogP contribution >= 0.6 is 23.3 Å². The van der Waals surface area contributed by atoms with Gasteiger partial charge in [-0.2, -0.15) is 4.37 Å². The summed E-state index contributed by atoms with van der Waals surface area (Å²) in [6, 6.07) is 0. The molecule has 1 aromatic rings. The molecule has 1 aromatic heterocycles. The molecule has 2 nitrogen and oxygen atoms in total. The van der Waals surface area contributed by atoms with Gasteiger partial charge >= 0.3 is 0 Å². The predicted octanol–water partition coefficient (Wildman–Crippen LogP) is 2.53. The standard InChI is InChI=1S/C7H10N2S2/c1-2-10-7-8-6(9-11-7)5-3-4-5/h5H,2-4H2,1H3. The lowest BCUT2D eigenvalue weighted by Gasteiger charge is -1.85. The first-order valence-corrected chi connectivity index (χ1v) is 5.62. The largest absolute Gasteiger partial charge is 0.213 e. The van der Waals surface area contributed by atoms with Crippen LogP contribution in [0.4, 0.5) is 0 Å². The molecular formula is C7H10N2S2. The van der Waals surface area contributed by atoms with Crippen molar-refractivity contribution in [1.82, 2.24) is 9.36 Å². The van der Waals surface area contributed by atoms with Crippen LogP contribution in [0, 0.1) is 0 Å². The number of aromatic nitrogens is 2. The maximum Gasteiger partial charge on any atom is 0.170 e. The van der Waals surface area contributed by atoms with E-state index in [4.69, 9.17) is 0 Å². The molecule has 0 aliphatic heterocycles. The summed E-state index contributed by atoms with van der Waals surface area (Å²) in [6.07, 6.45) is 2.60. The monoisotopic (exact) mass is 186 g/mol. The zero-order valence-electron chi connectivity index (χ0n) is 6.41. The number of thioether (sulfide) groups is 1. The summed E-state index contributed by atoms with van der Waals surface area (Å²) in [4.78, 5) is 4.43. The summed E-state index contributed by atoms with van der Waals surface area (Å²) in [5, 5.41) is 0. The summed E-state index contributed by atoms with van der Waals surface area (Å²) >= 11 is 3.33. The molecule has 0 spiro atoms. The first kappa shape index (κ1) is 7.55. The van der Waals surface area contributed by atoms with Crippen molar-refractivity contribution in [2.45, 2.75) is 30.0 Å². The molecule has 2 rings (SSSR count). The Morgan fingerprint density at radius 1 is 1.64 bits per heavy atom. The van der Waals surface area contributed by atoms with Crippen molar-refractivity contribution in [2.24, 2.45) is 0 Å². The molecule has 0 unspecified atom stereocenters. The van der Waals surface area contributed by atoms with Crippen LogP contribution in [0.5, 0.6) is 0 Å². The Morgan fingerprint density at radius 3 is 3.09 bits per heavy atom. The minimum absolute atomic E-state index is 0.706. The molecule has 4 heteroatoms. The van der Waals surface area contributed by atoms with Gasteiger partial charge < -0.3 is 0 Å². The van der Waals surface area contributed by atoms with Crippen molar-refractivity contribution < 1.29 is 0 Å². The van der Waals surface area contributed by atoms with Gasteiger partial charge in [-0.05, 0) is 30.1 Å². The third-order valence-corrected chi connectivity index (χ3v) is 3.36. The van der Waals surface area contributed by atoms with E-state index in [2.05, 4.69) is 16.3 Å². The molecule has 0 bridgehead atoms. The Balaban J connectivity index is 2.06. The van der Waals surface area contributed by atoms with E-state index >= 15 is 0 Å².